The van der Waals surface area contributed by atoms with Gasteiger partial charge in [-0.2, -0.15) is 0 Å². The van der Waals surface area contributed by atoms with E-state index in [2.05, 4.69) is 0 Å². The zero-order chi connectivity index (χ0) is 15.9. The Hall–Kier alpha value is -1.39. The Balaban J connectivity index is 2.26. The minimum absolute atomic E-state index is 0.146. The molecule has 1 saturated carbocycles. The summed E-state index contributed by atoms with van der Waals surface area (Å²) in [6, 6.07) is 9.16. The molecule has 0 bridgehead atoms. The van der Waals surface area contributed by atoms with Crippen molar-refractivity contribution in [3.05, 3.63) is 35.9 Å². The Morgan fingerprint density at radius 3 is 2.24 bits per heavy atom. The Morgan fingerprint density at radius 2 is 1.76 bits per heavy atom. The summed E-state index contributed by atoms with van der Waals surface area (Å²) >= 11 is 0. The summed E-state index contributed by atoms with van der Waals surface area (Å²) in [7, 11) is 0. The van der Waals surface area contributed by atoms with Crippen LogP contribution in [-0.2, 0) is 4.79 Å². The molecule has 0 heterocycles. The van der Waals surface area contributed by atoms with Gasteiger partial charge in [-0.15, -0.1) is 0 Å². The van der Waals surface area contributed by atoms with Crippen molar-refractivity contribution in [2.45, 2.75) is 51.7 Å². The van der Waals surface area contributed by atoms with Crippen LogP contribution in [0.25, 0.3) is 0 Å². The summed E-state index contributed by atoms with van der Waals surface area (Å²) in [5.74, 6) is -0.891. The van der Waals surface area contributed by atoms with Crippen LogP contribution in [0, 0.1) is 10.8 Å². The number of rotatable bonds is 4. The molecule has 0 saturated heterocycles. The average molecular weight is 292 g/mol. The van der Waals surface area contributed by atoms with Gasteiger partial charge in [0.15, 0.2) is 0 Å². The lowest BCUT2D eigenvalue weighted by molar-refractivity contribution is -0.164. The third-order valence-electron chi connectivity index (χ3n) is 5.77. The van der Waals surface area contributed by atoms with Crippen LogP contribution in [0.1, 0.15) is 51.7 Å². The van der Waals surface area contributed by atoms with Gasteiger partial charge >= 0.3 is 5.97 Å². The lowest BCUT2D eigenvalue weighted by Crippen LogP contribution is -2.50. The van der Waals surface area contributed by atoms with E-state index in [0.29, 0.717) is 12.8 Å². The number of carbonyl (C=O) groups is 1. The summed E-state index contributed by atoms with van der Waals surface area (Å²) in [5.41, 5.74) is -2.26. The number of hydrogen-bond donors (Lipinski definition) is 3. The monoisotopic (exact) mass is 292 g/mol. The van der Waals surface area contributed by atoms with E-state index < -0.39 is 28.5 Å². The zero-order valence-corrected chi connectivity index (χ0v) is 12.8. The molecular weight excluding hydrogens is 268 g/mol. The van der Waals surface area contributed by atoms with Crippen molar-refractivity contribution in [1.29, 1.82) is 0 Å². The van der Waals surface area contributed by atoms with Gasteiger partial charge in [0.2, 0.25) is 0 Å². The summed E-state index contributed by atoms with van der Waals surface area (Å²) in [6.07, 6.45) is 0.138. The number of aliphatic hydroxyl groups is 2. The molecule has 21 heavy (non-hydrogen) atoms. The first-order chi connectivity index (χ1) is 9.64. The molecule has 1 aliphatic carbocycles. The van der Waals surface area contributed by atoms with Crippen LogP contribution in [0.3, 0.4) is 0 Å². The highest BCUT2D eigenvalue weighted by Gasteiger charge is 2.63. The molecule has 2 rings (SSSR count). The third-order valence-corrected chi connectivity index (χ3v) is 5.77. The standard InChI is InChI=1S/C17H24O4/c1-15(2)16(3,14(19)20)9-10-17(15,21)11-13(18)12-7-5-4-6-8-12/h4-8,13,18,21H,9-11H2,1-3H3,(H,19,20)/t13-,16-,17+/m1/s1. The molecule has 1 fully saturated rings. The van der Waals surface area contributed by atoms with Gasteiger partial charge in [-0.05, 0) is 25.3 Å². The van der Waals surface area contributed by atoms with Crippen LogP contribution in [0.4, 0.5) is 0 Å². The molecule has 0 aliphatic heterocycles. The highest BCUT2D eigenvalue weighted by Crippen LogP contribution is 2.60. The second-order valence-electron chi connectivity index (χ2n) is 6.92. The van der Waals surface area contributed by atoms with E-state index in [4.69, 9.17) is 0 Å². The molecule has 1 aliphatic rings. The van der Waals surface area contributed by atoms with Crippen LogP contribution in [0.2, 0.25) is 0 Å². The molecule has 0 spiro atoms. The van der Waals surface area contributed by atoms with Crippen molar-refractivity contribution in [1.82, 2.24) is 0 Å². The number of carboxylic acids is 1. The first-order valence-electron chi connectivity index (χ1n) is 7.33. The number of hydrogen-bond acceptors (Lipinski definition) is 3. The number of carboxylic acid groups (broad SMARTS) is 1. The first kappa shape index (κ1) is 16.0. The third kappa shape index (κ3) is 2.36. The van der Waals surface area contributed by atoms with Gasteiger partial charge in [-0.1, -0.05) is 44.2 Å². The minimum atomic E-state index is -1.20. The van der Waals surface area contributed by atoms with Gasteiger partial charge in [0.1, 0.15) is 0 Å². The van der Waals surface area contributed by atoms with Gasteiger partial charge in [0.25, 0.3) is 0 Å². The molecule has 116 valence electrons. The van der Waals surface area contributed by atoms with Gasteiger partial charge < -0.3 is 15.3 Å². The summed E-state index contributed by atoms with van der Waals surface area (Å²) in [4.78, 5) is 11.6. The van der Waals surface area contributed by atoms with Crippen LogP contribution in [0.5, 0.6) is 0 Å². The van der Waals surface area contributed by atoms with E-state index in [0.717, 1.165) is 5.56 Å². The number of benzene rings is 1. The van der Waals surface area contributed by atoms with Gasteiger partial charge in [-0.3, -0.25) is 4.79 Å². The van der Waals surface area contributed by atoms with Crippen LogP contribution < -0.4 is 0 Å². The molecule has 0 aromatic heterocycles. The van der Waals surface area contributed by atoms with E-state index in [1.54, 1.807) is 20.8 Å². The number of aliphatic carboxylic acids is 1. The highest BCUT2D eigenvalue weighted by atomic mass is 16.4. The Bertz CT molecular complexity index is 525. The van der Waals surface area contributed by atoms with Crippen LogP contribution in [-0.4, -0.2) is 26.9 Å². The fraction of sp³-hybridized carbons (Fsp3) is 0.588. The second kappa shape index (κ2) is 5.11. The predicted molar refractivity (Wildman–Crippen MR) is 79.7 cm³/mol. The minimum Gasteiger partial charge on any atom is -0.481 e. The largest absolute Gasteiger partial charge is 0.481 e. The molecule has 4 heteroatoms. The SMILES string of the molecule is CC1(C)[C@@](O)(C[C@@H](O)c2ccccc2)CC[C@]1(C)C(=O)O. The van der Waals surface area contributed by atoms with E-state index in [1.807, 2.05) is 30.3 Å². The fourth-order valence-electron chi connectivity index (χ4n) is 3.44. The van der Waals surface area contributed by atoms with E-state index in [1.165, 1.54) is 0 Å². The Labute approximate surface area is 125 Å². The van der Waals surface area contributed by atoms with Gasteiger partial charge in [0, 0.05) is 11.8 Å². The van der Waals surface area contributed by atoms with Crippen molar-refractivity contribution >= 4 is 5.97 Å². The quantitative estimate of drug-likeness (QED) is 0.797. The van der Waals surface area contributed by atoms with Crippen molar-refractivity contribution in [2.24, 2.45) is 10.8 Å². The Kier molecular flexibility index (Phi) is 3.89. The number of aliphatic hydroxyl groups excluding tert-OH is 1. The maximum absolute atomic E-state index is 11.6. The van der Waals surface area contributed by atoms with Crippen molar-refractivity contribution in [3.8, 4) is 0 Å². The summed E-state index contributed by atoms with van der Waals surface area (Å²) in [5, 5.41) is 30.9. The van der Waals surface area contributed by atoms with Crippen LogP contribution in [0.15, 0.2) is 30.3 Å². The topological polar surface area (TPSA) is 77.8 Å². The van der Waals surface area contributed by atoms with Gasteiger partial charge in [-0.25, -0.2) is 0 Å². The van der Waals surface area contributed by atoms with Crippen molar-refractivity contribution in [3.63, 3.8) is 0 Å². The Morgan fingerprint density at radius 1 is 1.19 bits per heavy atom. The summed E-state index contributed by atoms with van der Waals surface area (Å²) < 4.78 is 0. The predicted octanol–water partition coefficient (Wildman–Crippen LogP) is 2.75. The molecule has 0 radical (unpaired) electrons. The highest BCUT2D eigenvalue weighted by molar-refractivity contribution is 5.76. The van der Waals surface area contributed by atoms with Crippen molar-refractivity contribution < 1.29 is 20.1 Å². The maximum Gasteiger partial charge on any atom is 0.310 e. The van der Waals surface area contributed by atoms with E-state index >= 15 is 0 Å². The first-order valence-corrected chi connectivity index (χ1v) is 7.33. The van der Waals surface area contributed by atoms with Crippen molar-refractivity contribution in [2.75, 3.05) is 0 Å². The molecular formula is C17H24O4. The zero-order valence-electron chi connectivity index (χ0n) is 12.8. The molecule has 3 atom stereocenters. The summed E-state index contributed by atoms with van der Waals surface area (Å²) in [6.45, 7) is 5.25. The lowest BCUT2D eigenvalue weighted by atomic mass is 9.62. The lowest BCUT2D eigenvalue weighted by Gasteiger charge is -2.44. The van der Waals surface area contributed by atoms with E-state index in [9.17, 15) is 20.1 Å². The smallest absolute Gasteiger partial charge is 0.310 e. The fourth-order valence-corrected chi connectivity index (χ4v) is 3.44. The molecule has 0 amide bonds. The molecule has 4 nitrogen and oxygen atoms in total. The van der Waals surface area contributed by atoms with E-state index in [-0.39, 0.29) is 6.42 Å². The average Bonchev–Trinajstić information content (AvgIpc) is 2.61. The molecule has 1 aromatic carbocycles. The maximum atomic E-state index is 11.6. The molecule has 3 N–H and O–H groups in total. The molecule has 0 unspecified atom stereocenters. The van der Waals surface area contributed by atoms with Crippen LogP contribution >= 0.6 is 0 Å². The second-order valence-corrected chi connectivity index (χ2v) is 6.92. The molecule has 1 aromatic rings. The van der Waals surface area contributed by atoms with Gasteiger partial charge in [0.05, 0.1) is 17.1 Å². The normalized spacial score (nSPS) is 32.8.